The number of amides is 1. The lowest BCUT2D eigenvalue weighted by atomic mass is 10.1. The molecular formula is C12H15N5O2. The third-order valence-corrected chi connectivity index (χ3v) is 2.50. The van der Waals surface area contributed by atoms with Crippen molar-refractivity contribution in [1.82, 2.24) is 15.5 Å². The number of aromatic nitrogens is 2. The van der Waals surface area contributed by atoms with Gasteiger partial charge in [-0.3, -0.25) is 4.79 Å². The van der Waals surface area contributed by atoms with Crippen molar-refractivity contribution < 1.29 is 9.32 Å². The first-order valence-corrected chi connectivity index (χ1v) is 5.87. The number of nitrogens with zero attached hydrogens (tertiary/aromatic N) is 2. The zero-order valence-electron chi connectivity index (χ0n) is 10.5. The maximum absolute atomic E-state index is 11.7. The van der Waals surface area contributed by atoms with Crippen molar-refractivity contribution in [3.8, 4) is 0 Å². The summed E-state index contributed by atoms with van der Waals surface area (Å²) in [6, 6.07) is 5.06. The summed E-state index contributed by atoms with van der Waals surface area (Å²) in [5.41, 5.74) is 7.61. The van der Waals surface area contributed by atoms with Crippen LogP contribution >= 0.6 is 0 Å². The Morgan fingerprint density at radius 1 is 1.47 bits per heavy atom. The number of carbonyl (C=O) groups excluding carboxylic acids is 1. The van der Waals surface area contributed by atoms with E-state index in [1.54, 1.807) is 18.2 Å². The average molecular weight is 261 g/mol. The van der Waals surface area contributed by atoms with Crippen LogP contribution in [0.15, 0.2) is 29.1 Å². The largest absolute Gasteiger partial charge is 0.397 e. The minimum atomic E-state index is -0.134. The Balaban J connectivity index is 2.10. The molecule has 0 aliphatic heterocycles. The van der Waals surface area contributed by atoms with Gasteiger partial charge in [-0.25, -0.2) is 0 Å². The molecule has 1 amide bonds. The minimum absolute atomic E-state index is 0.134. The molecule has 0 aliphatic rings. The first-order chi connectivity index (χ1) is 9.20. The topological polar surface area (TPSA) is 106 Å². The molecule has 0 bridgehead atoms. The maximum atomic E-state index is 11.7. The Bertz CT molecular complexity index is 553. The van der Waals surface area contributed by atoms with E-state index in [0.717, 1.165) is 0 Å². The summed E-state index contributed by atoms with van der Waals surface area (Å²) in [5.74, 6) is 0.382. The number of nitrogens with one attached hydrogen (secondary N) is 2. The second-order valence-electron chi connectivity index (χ2n) is 3.86. The predicted octanol–water partition coefficient (Wildman–Crippen LogP) is 1.01. The fraction of sp³-hybridized carbons (Fsp3) is 0.250. The zero-order chi connectivity index (χ0) is 13.7. The normalized spacial score (nSPS) is 10.2. The summed E-state index contributed by atoms with van der Waals surface area (Å²) < 4.78 is 4.63. The summed E-state index contributed by atoms with van der Waals surface area (Å²) in [6.45, 7) is 2.82. The molecule has 0 unspecified atom stereocenters. The second-order valence-corrected chi connectivity index (χ2v) is 3.86. The highest BCUT2D eigenvalue weighted by molar-refractivity contribution is 5.96. The molecule has 2 aromatic rings. The summed E-state index contributed by atoms with van der Waals surface area (Å²) >= 11 is 0. The van der Waals surface area contributed by atoms with Gasteiger partial charge in [0.15, 0.2) is 5.82 Å². The SMILES string of the molecule is CCNC(=O)c1ccc(N)c(NCc2ncon2)c1. The van der Waals surface area contributed by atoms with Gasteiger partial charge in [0.1, 0.15) is 0 Å². The van der Waals surface area contributed by atoms with Gasteiger partial charge >= 0.3 is 0 Å². The van der Waals surface area contributed by atoms with E-state index in [0.29, 0.717) is 35.9 Å². The third-order valence-electron chi connectivity index (χ3n) is 2.50. The Morgan fingerprint density at radius 2 is 2.32 bits per heavy atom. The zero-order valence-corrected chi connectivity index (χ0v) is 10.5. The molecule has 0 radical (unpaired) electrons. The van der Waals surface area contributed by atoms with Crippen LogP contribution in [0.2, 0.25) is 0 Å². The lowest BCUT2D eigenvalue weighted by molar-refractivity contribution is 0.0956. The van der Waals surface area contributed by atoms with Gasteiger partial charge < -0.3 is 20.9 Å². The van der Waals surface area contributed by atoms with E-state index >= 15 is 0 Å². The van der Waals surface area contributed by atoms with E-state index in [2.05, 4.69) is 25.3 Å². The Hall–Kier alpha value is -2.57. The molecule has 0 aliphatic carbocycles. The van der Waals surface area contributed by atoms with Crippen LogP contribution in [0, 0.1) is 0 Å². The molecule has 0 saturated carbocycles. The van der Waals surface area contributed by atoms with Gasteiger partial charge in [-0.05, 0) is 25.1 Å². The predicted molar refractivity (Wildman–Crippen MR) is 70.5 cm³/mol. The number of rotatable bonds is 5. The molecule has 19 heavy (non-hydrogen) atoms. The van der Waals surface area contributed by atoms with Gasteiger partial charge in [-0.2, -0.15) is 4.98 Å². The molecule has 4 N–H and O–H groups in total. The molecule has 0 saturated heterocycles. The number of carbonyl (C=O) groups is 1. The standard InChI is InChI=1S/C12H15N5O2/c1-2-14-12(18)8-3-4-9(13)10(5-8)15-6-11-16-7-19-17-11/h3-5,7,15H,2,6,13H2,1H3,(H,14,18). The molecule has 1 aromatic carbocycles. The summed E-state index contributed by atoms with van der Waals surface area (Å²) in [6.07, 6.45) is 1.26. The number of anilines is 2. The van der Waals surface area contributed by atoms with Crippen molar-refractivity contribution in [3.05, 3.63) is 36.0 Å². The van der Waals surface area contributed by atoms with Crippen LogP contribution in [0.5, 0.6) is 0 Å². The first-order valence-electron chi connectivity index (χ1n) is 5.87. The van der Waals surface area contributed by atoms with E-state index < -0.39 is 0 Å². The van der Waals surface area contributed by atoms with Gasteiger partial charge in [-0.1, -0.05) is 5.16 Å². The van der Waals surface area contributed by atoms with E-state index in [1.165, 1.54) is 6.39 Å². The fourth-order valence-corrected chi connectivity index (χ4v) is 1.56. The van der Waals surface area contributed by atoms with Crippen LogP contribution < -0.4 is 16.4 Å². The van der Waals surface area contributed by atoms with Crippen molar-refractivity contribution in [1.29, 1.82) is 0 Å². The quantitative estimate of drug-likeness (QED) is 0.694. The van der Waals surface area contributed by atoms with E-state index in [9.17, 15) is 4.79 Å². The van der Waals surface area contributed by atoms with Crippen molar-refractivity contribution >= 4 is 17.3 Å². The van der Waals surface area contributed by atoms with Gasteiger partial charge in [0.05, 0.1) is 17.9 Å². The lowest BCUT2D eigenvalue weighted by Crippen LogP contribution is -2.22. The average Bonchev–Trinajstić information content (AvgIpc) is 2.91. The molecule has 1 heterocycles. The second kappa shape index (κ2) is 5.85. The minimum Gasteiger partial charge on any atom is -0.397 e. The van der Waals surface area contributed by atoms with Crippen LogP contribution in [0.4, 0.5) is 11.4 Å². The number of hydrogen-bond donors (Lipinski definition) is 3. The van der Waals surface area contributed by atoms with Crippen molar-refractivity contribution in [2.75, 3.05) is 17.6 Å². The van der Waals surface area contributed by atoms with E-state index in [-0.39, 0.29) is 5.91 Å². The smallest absolute Gasteiger partial charge is 0.251 e. The Kier molecular flexibility index (Phi) is 3.97. The van der Waals surface area contributed by atoms with Gasteiger partial charge in [0.2, 0.25) is 6.39 Å². The third kappa shape index (κ3) is 3.21. The molecule has 1 aromatic heterocycles. The van der Waals surface area contributed by atoms with Gasteiger partial charge in [-0.15, -0.1) is 0 Å². The molecule has 7 nitrogen and oxygen atoms in total. The van der Waals surface area contributed by atoms with Crippen molar-refractivity contribution in [3.63, 3.8) is 0 Å². The van der Waals surface area contributed by atoms with Crippen LogP contribution in [0.1, 0.15) is 23.1 Å². The highest BCUT2D eigenvalue weighted by Gasteiger charge is 2.08. The Labute approximate surface area is 110 Å². The Morgan fingerprint density at radius 3 is 3.00 bits per heavy atom. The number of benzene rings is 1. The molecule has 7 heteroatoms. The maximum Gasteiger partial charge on any atom is 0.251 e. The first kappa shape index (κ1) is 12.9. The fourth-order valence-electron chi connectivity index (χ4n) is 1.56. The summed E-state index contributed by atoms with van der Waals surface area (Å²) in [7, 11) is 0. The highest BCUT2D eigenvalue weighted by atomic mass is 16.5. The number of nitrogen functional groups attached to an aromatic ring is 1. The molecule has 2 rings (SSSR count). The molecule has 0 spiro atoms. The van der Waals surface area contributed by atoms with Crippen LogP contribution in [-0.2, 0) is 6.54 Å². The van der Waals surface area contributed by atoms with Crippen LogP contribution in [0.3, 0.4) is 0 Å². The van der Waals surface area contributed by atoms with Crippen LogP contribution in [0.25, 0.3) is 0 Å². The molecule has 100 valence electrons. The van der Waals surface area contributed by atoms with Crippen LogP contribution in [-0.4, -0.2) is 22.6 Å². The highest BCUT2D eigenvalue weighted by Crippen LogP contribution is 2.20. The number of nitrogens with two attached hydrogens (primary N) is 1. The monoisotopic (exact) mass is 261 g/mol. The van der Waals surface area contributed by atoms with Gasteiger partial charge in [0, 0.05) is 12.1 Å². The van der Waals surface area contributed by atoms with E-state index in [1.807, 2.05) is 6.92 Å². The lowest BCUT2D eigenvalue weighted by Gasteiger charge is -2.09. The molecule has 0 atom stereocenters. The van der Waals surface area contributed by atoms with Crippen molar-refractivity contribution in [2.24, 2.45) is 0 Å². The molecular weight excluding hydrogens is 246 g/mol. The summed E-state index contributed by atoms with van der Waals surface area (Å²) in [4.78, 5) is 15.6. The summed E-state index contributed by atoms with van der Waals surface area (Å²) in [5, 5.41) is 9.47. The van der Waals surface area contributed by atoms with Gasteiger partial charge in [0.25, 0.3) is 5.91 Å². The molecule has 0 fully saturated rings. The van der Waals surface area contributed by atoms with E-state index in [4.69, 9.17) is 5.73 Å². The van der Waals surface area contributed by atoms with Crippen molar-refractivity contribution in [2.45, 2.75) is 13.5 Å². The number of hydrogen-bond acceptors (Lipinski definition) is 6.